The Morgan fingerprint density at radius 1 is 0.966 bits per heavy atom. The molecule has 0 bridgehead atoms. The lowest BCUT2D eigenvalue weighted by Crippen LogP contribution is -2.15. The summed E-state index contributed by atoms with van der Waals surface area (Å²) < 4.78 is 52.7. The Labute approximate surface area is 174 Å². The van der Waals surface area contributed by atoms with E-state index in [1.807, 2.05) is 24.3 Å². The third kappa shape index (κ3) is 4.74. The molecular weight excluding hydrogens is 370 g/mol. The standard InChI is InChI=1S/C22H21N3O4/c1-2-16-4-3-5-17(12-16)25-22-18-13-20-21(14-19(18)23-15-24-22)29-11-9-27-7-6-26-8-10-28-20/h1,3-5,12-15H,6-11H2,(H,23,24,25)/i6D2,7D2. The molecule has 7 heteroatoms. The number of aromatic nitrogens is 2. The van der Waals surface area contributed by atoms with E-state index < -0.39 is 13.1 Å². The summed E-state index contributed by atoms with van der Waals surface area (Å²) in [6.45, 7) is -5.78. The molecule has 1 aliphatic rings. The van der Waals surface area contributed by atoms with Gasteiger partial charge in [-0.05, 0) is 24.3 Å². The topological polar surface area (TPSA) is 74.7 Å². The summed E-state index contributed by atoms with van der Waals surface area (Å²) in [6, 6.07) is 10.8. The molecule has 4 rings (SSSR count). The highest BCUT2D eigenvalue weighted by molar-refractivity contribution is 5.93. The largest absolute Gasteiger partial charge is 0.487 e. The molecule has 3 aromatic rings. The van der Waals surface area contributed by atoms with Crippen molar-refractivity contribution in [2.75, 3.05) is 44.9 Å². The van der Waals surface area contributed by atoms with Crippen LogP contribution in [-0.4, -0.2) is 49.5 Å². The summed E-state index contributed by atoms with van der Waals surface area (Å²) in [5.41, 5.74) is 2.09. The minimum absolute atomic E-state index is 0.0352. The Hall–Kier alpha value is -3.34. The van der Waals surface area contributed by atoms with E-state index >= 15 is 0 Å². The lowest BCUT2D eigenvalue weighted by atomic mass is 10.2. The van der Waals surface area contributed by atoms with Gasteiger partial charge in [-0.3, -0.25) is 0 Å². The lowest BCUT2D eigenvalue weighted by Gasteiger charge is -2.16. The number of fused-ring (bicyclic) bond motifs is 2. The van der Waals surface area contributed by atoms with Gasteiger partial charge in [0.15, 0.2) is 11.5 Å². The summed E-state index contributed by atoms with van der Waals surface area (Å²) in [5.74, 6) is 3.90. The first-order valence-electron chi connectivity index (χ1n) is 10.9. The van der Waals surface area contributed by atoms with Crippen molar-refractivity contribution >= 4 is 22.4 Å². The fourth-order valence-corrected chi connectivity index (χ4v) is 2.76. The smallest absolute Gasteiger partial charge is 0.163 e. The van der Waals surface area contributed by atoms with Crippen LogP contribution < -0.4 is 14.8 Å². The molecule has 1 aromatic heterocycles. The molecular formula is C22H21N3O4. The third-order valence-electron chi connectivity index (χ3n) is 4.06. The number of nitrogens with one attached hydrogen (secondary N) is 1. The van der Waals surface area contributed by atoms with Crippen LogP contribution in [0.3, 0.4) is 0 Å². The number of hydrogen-bond acceptors (Lipinski definition) is 7. The van der Waals surface area contributed by atoms with Crippen LogP contribution in [0.15, 0.2) is 42.7 Å². The van der Waals surface area contributed by atoms with E-state index in [9.17, 15) is 0 Å². The second-order valence-electron chi connectivity index (χ2n) is 5.99. The number of rotatable bonds is 2. The molecule has 29 heavy (non-hydrogen) atoms. The molecule has 148 valence electrons. The highest BCUT2D eigenvalue weighted by atomic mass is 16.6. The first kappa shape index (κ1) is 14.6. The molecule has 0 aliphatic carbocycles. The number of anilines is 2. The SMILES string of the molecule is [2H]C1([2H])OCCOc2cc3ncnc(Nc4cccc(C#C)c4)c3cc2OCCOC1([2H])[2H]. The first-order valence-corrected chi connectivity index (χ1v) is 8.95. The molecule has 0 atom stereocenters. The number of benzene rings is 2. The van der Waals surface area contributed by atoms with E-state index in [-0.39, 0.29) is 26.4 Å². The highest BCUT2D eigenvalue weighted by Crippen LogP contribution is 2.35. The van der Waals surface area contributed by atoms with Crippen molar-refractivity contribution < 1.29 is 24.4 Å². The number of nitrogens with zero attached hydrogens (tertiary/aromatic N) is 2. The van der Waals surface area contributed by atoms with Gasteiger partial charge in [-0.1, -0.05) is 12.0 Å². The van der Waals surface area contributed by atoms with Crippen molar-refractivity contribution in [1.82, 2.24) is 9.97 Å². The second kappa shape index (κ2) is 9.24. The molecule has 0 amide bonds. The molecule has 2 aromatic carbocycles. The van der Waals surface area contributed by atoms with E-state index in [4.69, 9.17) is 30.9 Å². The molecule has 0 saturated carbocycles. The lowest BCUT2D eigenvalue weighted by molar-refractivity contribution is 0.0224. The van der Waals surface area contributed by atoms with Gasteiger partial charge in [0.05, 0.1) is 37.3 Å². The van der Waals surface area contributed by atoms with Crippen molar-refractivity contribution in [3.8, 4) is 23.8 Å². The molecule has 0 fully saturated rings. The van der Waals surface area contributed by atoms with Gasteiger partial charge in [0.2, 0.25) is 0 Å². The zero-order valence-electron chi connectivity index (χ0n) is 19.5. The van der Waals surface area contributed by atoms with Crippen LogP contribution in [0, 0.1) is 12.3 Å². The monoisotopic (exact) mass is 395 g/mol. The maximum absolute atomic E-state index is 7.79. The molecule has 2 heterocycles. The summed E-state index contributed by atoms with van der Waals surface area (Å²) in [7, 11) is 0. The van der Waals surface area contributed by atoms with Crippen LogP contribution in [0.25, 0.3) is 10.9 Å². The number of terminal acetylenes is 1. The number of ether oxygens (including phenoxy) is 4. The van der Waals surface area contributed by atoms with Gasteiger partial charge in [0, 0.05) is 22.7 Å². The van der Waals surface area contributed by atoms with Crippen molar-refractivity contribution in [3.05, 3.63) is 48.3 Å². The fourth-order valence-electron chi connectivity index (χ4n) is 2.76. The Balaban J connectivity index is 1.65. The van der Waals surface area contributed by atoms with Crippen molar-refractivity contribution in [3.63, 3.8) is 0 Å². The van der Waals surface area contributed by atoms with Gasteiger partial charge >= 0.3 is 0 Å². The minimum Gasteiger partial charge on any atom is -0.487 e. The second-order valence-corrected chi connectivity index (χ2v) is 5.99. The van der Waals surface area contributed by atoms with E-state index in [1.54, 1.807) is 12.1 Å². The van der Waals surface area contributed by atoms with Crippen LogP contribution in [0.1, 0.15) is 11.0 Å². The first-order chi connectivity index (χ1) is 15.8. The van der Waals surface area contributed by atoms with E-state index in [1.165, 1.54) is 6.33 Å². The maximum atomic E-state index is 7.79. The van der Waals surface area contributed by atoms with E-state index in [0.717, 1.165) is 11.3 Å². The quantitative estimate of drug-likeness (QED) is 0.668. The van der Waals surface area contributed by atoms with Gasteiger partial charge in [-0.25, -0.2) is 9.97 Å². The van der Waals surface area contributed by atoms with Crippen LogP contribution in [0.5, 0.6) is 11.5 Å². The molecule has 0 radical (unpaired) electrons. The van der Waals surface area contributed by atoms with Crippen molar-refractivity contribution in [2.24, 2.45) is 0 Å². The van der Waals surface area contributed by atoms with Crippen LogP contribution in [-0.2, 0) is 9.47 Å². The van der Waals surface area contributed by atoms with Crippen LogP contribution >= 0.6 is 0 Å². The zero-order chi connectivity index (χ0) is 23.5. The predicted octanol–water partition coefficient (Wildman–Crippen LogP) is 3.16. The van der Waals surface area contributed by atoms with Gasteiger partial charge in [0.25, 0.3) is 0 Å². The molecule has 7 nitrogen and oxygen atoms in total. The maximum Gasteiger partial charge on any atom is 0.163 e. The summed E-state index contributed by atoms with van der Waals surface area (Å²) >= 11 is 0. The number of hydrogen-bond donors (Lipinski definition) is 1. The Morgan fingerprint density at radius 2 is 1.72 bits per heavy atom. The summed E-state index contributed by atoms with van der Waals surface area (Å²) in [4.78, 5) is 8.65. The van der Waals surface area contributed by atoms with Gasteiger partial charge in [-0.15, -0.1) is 6.42 Å². The minimum atomic E-state index is -2.65. The molecule has 1 aliphatic heterocycles. The molecule has 0 saturated heterocycles. The Bertz CT molecular complexity index is 1200. The summed E-state index contributed by atoms with van der Waals surface area (Å²) in [6.07, 6.45) is 6.91. The van der Waals surface area contributed by atoms with Gasteiger partial charge in [0.1, 0.15) is 25.4 Å². The predicted molar refractivity (Wildman–Crippen MR) is 110 cm³/mol. The molecule has 0 unspecified atom stereocenters. The average molecular weight is 395 g/mol. The Morgan fingerprint density at radius 3 is 2.48 bits per heavy atom. The van der Waals surface area contributed by atoms with Crippen LogP contribution in [0.4, 0.5) is 11.5 Å². The van der Waals surface area contributed by atoms with Crippen molar-refractivity contribution in [1.29, 1.82) is 0 Å². The third-order valence-corrected chi connectivity index (χ3v) is 4.06. The Kier molecular flexibility index (Phi) is 4.66. The van der Waals surface area contributed by atoms with E-state index in [0.29, 0.717) is 28.2 Å². The average Bonchev–Trinajstić information content (AvgIpc) is 2.79. The normalized spacial score (nSPS) is 20.5. The highest BCUT2D eigenvalue weighted by Gasteiger charge is 2.13. The van der Waals surface area contributed by atoms with Crippen LogP contribution in [0.2, 0.25) is 0 Å². The summed E-state index contributed by atoms with van der Waals surface area (Å²) in [5, 5.41) is 3.91. The molecule has 1 N–H and O–H groups in total. The van der Waals surface area contributed by atoms with E-state index in [2.05, 4.69) is 21.2 Å². The molecule has 0 spiro atoms. The van der Waals surface area contributed by atoms with Crippen molar-refractivity contribution in [2.45, 2.75) is 0 Å². The fraction of sp³-hybridized carbons (Fsp3) is 0.273. The van der Waals surface area contributed by atoms with Gasteiger partial charge in [-0.2, -0.15) is 0 Å². The van der Waals surface area contributed by atoms with Gasteiger partial charge < -0.3 is 24.3 Å². The zero-order valence-corrected chi connectivity index (χ0v) is 15.5.